The molecule has 0 bridgehead atoms. The average molecular weight is 423 g/mol. The van der Waals surface area contributed by atoms with Gasteiger partial charge >= 0.3 is 11.9 Å². The first-order chi connectivity index (χ1) is 12.9. The van der Waals surface area contributed by atoms with Gasteiger partial charge in [-0.1, -0.05) is 42.5 Å². The van der Waals surface area contributed by atoms with Crippen LogP contribution in [-0.4, -0.2) is 37.9 Å². The van der Waals surface area contributed by atoms with E-state index >= 15 is 0 Å². The van der Waals surface area contributed by atoms with Gasteiger partial charge in [0.1, 0.15) is 0 Å². The Morgan fingerprint density at radius 2 is 1.54 bits per heavy atom. The molecule has 152 valence electrons. The maximum atomic E-state index is 13.4. The summed E-state index contributed by atoms with van der Waals surface area (Å²) in [5.74, 6) is -5.18. The first-order valence-corrected chi connectivity index (χ1v) is 9.20. The highest BCUT2D eigenvalue weighted by Crippen LogP contribution is 2.38. The van der Waals surface area contributed by atoms with E-state index in [0.29, 0.717) is 0 Å². The van der Waals surface area contributed by atoms with Crippen molar-refractivity contribution in [2.24, 2.45) is 0 Å². The molecule has 2 rings (SSSR count). The summed E-state index contributed by atoms with van der Waals surface area (Å²) in [4.78, 5) is 11.2. The van der Waals surface area contributed by atoms with Crippen LogP contribution in [-0.2, 0) is 15.4 Å². The molecule has 0 saturated heterocycles. The number of sulfone groups is 1. The molecule has 2 aromatic rings. The third-order valence-corrected chi connectivity index (χ3v) is 5.34. The molecule has 2 N–H and O–H groups in total. The van der Waals surface area contributed by atoms with Gasteiger partial charge in [0.15, 0.2) is 0 Å². The van der Waals surface area contributed by atoms with Gasteiger partial charge in [-0.2, -0.15) is 22.0 Å². The summed E-state index contributed by atoms with van der Waals surface area (Å²) in [6.45, 7) is -1.36. The minimum absolute atomic E-state index is 0.559. The van der Waals surface area contributed by atoms with Gasteiger partial charge in [-0.25, -0.2) is 8.42 Å². The van der Waals surface area contributed by atoms with Crippen LogP contribution in [0.4, 0.5) is 22.0 Å². The molecule has 0 aliphatic carbocycles. The van der Waals surface area contributed by atoms with Crippen molar-refractivity contribution in [3.63, 3.8) is 0 Å². The number of hydrogen-bond donors (Lipinski definition) is 2. The van der Waals surface area contributed by atoms with Gasteiger partial charge in [0.2, 0.25) is 15.4 Å². The van der Waals surface area contributed by atoms with Crippen molar-refractivity contribution in [2.75, 3.05) is 6.54 Å². The molecular weight excluding hydrogens is 409 g/mol. The van der Waals surface area contributed by atoms with Gasteiger partial charge in [-0.15, -0.1) is 0 Å². The lowest BCUT2D eigenvalue weighted by Crippen LogP contribution is -2.51. The third-order valence-electron chi connectivity index (χ3n) is 3.90. The SMILES string of the molecule is O=C(NC[C@](O)(c1ccccc1)C(F)(F)F)c1ccccc1S(=O)(=O)C(F)F. The van der Waals surface area contributed by atoms with Crippen molar-refractivity contribution in [3.8, 4) is 0 Å². The van der Waals surface area contributed by atoms with E-state index in [4.69, 9.17) is 0 Å². The third kappa shape index (κ3) is 4.14. The molecule has 0 fully saturated rings. The van der Waals surface area contributed by atoms with E-state index in [1.807, 2.05) is 0 Å². The van der Waals surface area contributed by atoms with Crippen LogP contribution in [0.5, 0.6) is 0 Å². The van der Waals surface area contributed by atoms with Crippen LogP contribution < -0.4 is 5.32 Å². The predicted octanol–water partition coefficient (Wildman–Crippen LogP) is 2.86. The average Bonchev–Trinajstić information content (AvgIpc) is 2.65. The zero-order chi connectivity index (χ0) is 21.2. The van der Waals surface area contributed by atoms with Gasteiger partial charge in [0.05, 0.1) is 17.0 Å². The van der Waals surface area contributed by atoms with Crippen molar-refractivity contribution < 1.29 is 40.3 Å². The number of rotatable bonds is 6. The van der Waals surface area contributed by atoms with Crippen LogP contribution in [0.25, 0.3) is 0 Å². The first kappa shape index (κ1) is 21.8. The van der Waals surface area contributed by atoms with Crippen molar-refractivity contribution >= 4 is 15.7 Å². The molecule has 1 amide bonds. The molecular formula is C17H14F5NO4S. The monoisotopic (exact) mass is 423 g/mol. The maximum Gasteiger partial charge on any atom is 0.423 e. The summed E-state index contributed by atoms with van der Waals surface area (Å²) >= 11 is 0. The molecule has 0 aliphatic rings. The summed E-state index contributed by atoms with van der Waals surface area (Å²) < 4.78 is 89.2. The zero-order valence-electron chi connectivity index (χ0n) is 14.0. The fourth-order valence-electron chi connectivity index (χ4n) is 2.38. The molecule has 0 aromatic heterocycles. The lowest BCUT2D eigenvalue weighted by Gasteiger charge is -2.31. The number of benzene rings is 2. The van der Waals surface area contributed by atoms with Gasteiger partial charge in [0.25, 0.3) is 5.91 Å². The van der Waals surface area contributed by atoms with Crippen LogP contribution in [0.2, 0.25) is 0 Å². The fourth-order valence-corrected chi connectivity index (χ4v) is 3.31. The number of carbonyl (C=O) groups is 1. The number of carbonyl (C=O) groups excluding carboxylic acids is 1. The highest BCUT2D eigenvalue weighted by molar-refractivity contribution is 7.91. The van der Waals surface area contributed by atoms with Gasteiger partial charge < -0.3 is 10.4 Å². The van der Waals surface area contributed by atoms with E-state index in [0.717, 1.165) is 36.4 Å². The van der Waals surface area contributed by atoms with E-state index in [-0.39, 0.29) is 0 Å². The predicted molar refractivity (Wildman–Crippen MR) is 88.4 cm³/mol. The maximum absolute atomic E-state index is 13.4. The highest BCUT2D eigenvalue weighted by atomic mass is 32.2. The normalized spacial score (nSPS) is 14.5. The molecule has 0 spiro atoms. The number of aliphatic hydroxyl groups is 1. The lowest BCUT2D eigenvalue weighted by molar-refractivity contribution is -0.263. The molecule has 0 radical (unpaired) electrons. The largest absolute Gasteiger partial charge is 0.423 e. The molecule has 2 aromatic carbocycles. The Labute approximate surface area is 156 Å². The number of hydrogen-bond acceptors (Lipinski definition) is 4. The van der Waals surface area contributed by atoms with Gasteiger partial charge in [0, 0.05) is 0 Å². The van der Waals surface area contributed by atoms with E-state index in [9.17, 15) is 40.3 Å². The molecule has 28 heavy (non-hydrogen) atoms. The van der Waals surface area contributed by atoms with E-state index in [1.165, 1.54) is 18.2 Å². The fraction of sp³-hybridized carbons (Fsp3) is 0.235. The van der Waals surface area contributed by atoms with Crippen molar-refractivity contribution in [1.29, 1.82) is 0 Å². The Bertz CT molecular complexity index is 948. The quantitative estimate of drug-likeness (QED) is 0.700. The number of amides is 1. The molecule has 5 nitrogen and oxygen atoms in total. The van der Waals surface area contributed by atoms with Crippen molar-refractivity contribution in [2.45, 2.75) is 22.4 Å². The molecule has 0 unspecified atom stereocenters. The highest BCUT2D eigenvalue weighted by Gasteiger charge is 2.55. The second-order valence-electron chi connectivity index (χ2n) is 5.71. The second kappa shape index (κ2) is 7.84. The Morgan fingerprint density at radius 3 is 2.07 bits per heavy atom. The number of nitrogens with one attached hydrogen (secondary N) is 1. The van der Waals surface area contributed by atoms with E-state index in [1.54, 1.807) is 5.32 Å². The number of halogens is 5. The Kier molecular flexibility index (Phi) is 6.09. The molecule has 1 atom stereocenters. The molecule has 0 heterocycles. The Hall–Kier alpha value is -2.53. The Balaban J connectivity index is 2.36. The lowest BCUT2D eigenvalue weighted by atomic mass is 9.93. The van der Waals surface area contributed by atoms with Crippen LogP contribution in [0.1, 0.15) is 15.9 Å². The summed E-state index contributed by atoms with van der Waals surface area (Å²) in [7, 11) is -5.17. The van der Waals surface area contributed by atoms with Crippen LogP contribution in [0.15, 0.2) is 59.5 Å². The standard InChI is InChI=1S/C17H14F5NO4S/c18-15(19)28(26,27)13-9-5-4-8-12(13)14(24)23-10-16(25,17(20,21)22)11-6-2-1-3-7-11/h1-9,15,25H,10H2,(H,23,24)/t16-/m0/s1. The number of alkyl halides is 5. The van der Waals surface area contributed by atoms with Crippen LogP contribution in [0, 0.1) is 0 Å². The van der Waals surface area contributed by atoms with E-state index < -0.39 is 55.8 Å². The van der Waals surface area contributed by atoms with Gasteiger partial charge in [-0.3, -0.25) is 4.79 Å². The summed E-state index contributed by atoms with van der Waals surface area (Å²) in [5.41, 5.74) is -4.79. The summed E-state index contributed by atoms with van der Waals surface area (Å²) in [6.07, 6.45) is -5.18. The van der Waals surface area contributed by atoms with Crippen molar-refractivity contribution in [3.05, 3.63) is 65.7 Å². The van der Waals surface area contributed by atoms with Crippen LogP contribution >= 0.6 is 0 Å². The summed E-state index contributed by atoms with van der Waals surface area (Å²) in [5, 5.41) is 11.9. The van der Waals surface area contributed by atoms with Gasteiger partial charge in [-0.05, 0) is 17.7 Å². The van der Waals surface area contributed by atoms with Crippen LogP contribution in [0.3, 0.4) is 0 Å². The molecule has 0 aliphatic heterocycles. The summed E-state index contributed by atoms with van der Waals surface area (Å²) in [6, 6.07) is 9.77. The molecule has 11 heteroatoms. The minimum Gasteiger partial charge on any atom is -0.375 e. The van der Waals surface area contributed by atoms with Crippen molar-refractivity contribution in [1.82, 2.24) is 5.32 Å². The van der Waals surface area contributed by atoms with E-state index in [2.05, 4.69) is 0 Å². The zero-order valence-corrected chi connectivity index (χ0v) is 14.8. The first-order valence-electron chi connectivity index (χ1n) is 7.65. The minimum atomic E-state index is -5.18. The molecule has 0 saturated carbocycles. The smallest absolute Gasteiger partial charge is 0.375 e. The second-order valence-corrected chi connectivity index (χ2v) is 7.59. The topological polar surface area (TPSA) is 83.5 Å². The Morgan fingerprint density at radius 1 is 1.00 bits per heavy atom.